The van der Waals surface area contributed by atoms with Gasteiger partial charge in [0.25, 0.3) is 0 Å². The van der Waals surface area contributed by atoms with E-state index in [1.165, 1.54) is 12.1 Å². The van der Waals surface area contributed by atoms with E-state index in [0.29, 0.717) is 36.0 Å². The van der Waals surface area contributed by atoms with Gasteiger partial charge in [0.1, 0.15) is 11.6 Å². The van der Waals surface area contributed by atoms with Crippen LogP contribution in [0.5, 0.6) is 0 Å². The van der Waals surface area contributed by atoms with Crippen LogP contribution in [-0.4, -0.2) is 38.4 Å². The van der Waals surface area contributed by atoms with Crippen LogP contribution in [-0.2, 0) is 4.74 Å². The molecule has 6 nitrogen and oxygen atoms in total. The Morgan fingerprint density at radius 1 is 1.33 bits per heavy atom. The fourth-order valence-corrected chi connectivity index (χ4v) is 3.68. The molecule has 1 aliphatic rings. The molecule has 0 radical (unpaired) electrons. The molecule has 8 heteroatoms. The minimum absolute atomic E-state index is 0.0219. The Morgan fingerprint density at radius 3 is 2.83 bits per heavy atom. The zero-order valence-corrected chi connectivity index (χ0v) is 17.0. The third kappa shape index (κ3) is 4.13. The third-order valence-electron chi connectivity index (χ3n) is 5.07. The summed E-state index contributed by atoms with van der Waals surface area (Å²) < 4.78 is 21.2. The van der Waals surface area contributed by atoms with Crippen LogP contribution in [0.2, 0.25) is 5.02 Å². The molecule has 0 spiro atoms. The molecule has 3 heterocycles. The summed E-state index contributed by atoms with van der Waals surface area (Å²) in [5.41, 5.74) is 2.97. The normalized spacial score (nSPS) is 15.0. The first-order valence-electron chi connectivity index (χ1n) is 9.61. The summed E-state index contributed by atoms with van der Waals surface area (Å²) in [6, 6.07) is 4.65. The molecule has 0 saturated carbocycles. The van der Waals surface area contributed by atoms with Crippen LogP contribution >= 0.6 is 11.6 Å². The second kappa shape index (κ2) is 8.77. The fourth-order valence-electron chi connectivity index (χ4n) is 3.50. The molecule has 0 bridgehead atoms. The molecule has 154 valence electrons. The highest BCUT2D eigenvalue weighted by Crippen LogP contribution is 2.31. The number of nitrogens with zero attached hydrogens (tertiary/aromatic N) is 3. The Labute approximate surface area is 178 Å². The number of allylic oxidation sites excluding steroid dienone is 1. The number of hydrogen-bond donors (Lipinski definition) is 2. The van der Waals surface area contributed by atoms with Gasteiger partial charge in [-0.2, -0.15) is 0 Å². The molecule has 2 aromatic heterocycles. The summed E-state index contributed by atoms with van der Waals surface area (Å²) in [4.78, 5) is 11.9. The molecule has 1 saturated heterocycles. The molecule has 0 atom stereocenters. The molecule has 2 N–H and O–H groups in total. The van der Waals surface area contributed by atoms with Gasteiger partial charge in [-0.1, -0.05) is 18.2 Å². The zero-order chi connectivity index (χ0) is 21.1. The molecule has 4 rings (SSSR count). The number of benzene rings is 1. The molecule has 1 aromatic carbocycles. The fraction of sp³-hybridized carbons (Fsp3) is 0.227. The van der Waals surface area contributed by atoms with E-state index >= 15 is 0 Å². The molecule has 0 amide bonds. The molecule has 0 aliphatic carbocycles. The summed E-state index contributed by atoms with van der Waals surface area (Å²) in [6.45, 7) is 5.04. The zero-order valence-electron chi connectivity index (χ0n) is 16.2. The van der Waals surface area contributed by atoms with Gasteiger partial charge in [0.15, 0.2) is 0 Å². The number of imidazole rings is 2. The van der Waals surface area contributed by atoms with E-state index in [4.69, 9.17) is 21.7 Å². The second-order valence-electron chi connectivity index (χ2n) is 7.00. The lowest BCUT2D eigenvalue weighted by molar-refractivity contribution is 0.0694. The quantitative estimate of drug-likeness (QED) is 0.536. The van der Waals surface area contributed by atoms with E-state index in [-0.39, 0.29) is 16.8 Å². The highest BCUT2D eigenvalue weighted by Gasteiger charge is 2.23. The van der Waals surface area contributed by atoms with E-state index in [0.717, 1.165) is 18.5 Å². The van der Waals surface area contributed by atoms with Crippen molar-refractivity contribution >= 4 is 29.5 Å². The average molecular weight is 426 g/mol. The Balaban J connectivity index is 1.73. The van der Waals surface area contributed by atoms with Crippen LogP contribution in [0.3, 0.4) is 0 Å². The Hall–Kier alpha value is -3.03. The van der Waals surface area contributed by atoms with Crippen LogP contribution < -0.4 is 0 Å². The molecule has 3 aromatic rings. The second-order valence-corrected chi connectivity index (χ2v) is 7.40. The van der Waals surface area contributed by atoms with Crippen LogP contribution in [0, 0.1) is 11.2 Å². The summed E-state index contributed by atoms with van der Waals surface area (Å²) in [6.07, 6.45) is 10.2. The largest absolute Gasteiger partial charge is 0.381 e. The van der Waals surface area contributed by atoms with Gasteiger partial charge < -0.3 is 14.3 Å². The van der Waals surface area contributed by atoms with Gasteiger partial charge in [-0.3, -0.25) is 5.41 Å². The van der Waals surface area contributed by atoms with E-state index in [1.54, 1.807) is 36.8 Å². The summed E-state index contributed by atoms with van der Waals surface area (Å²) >= 11 is 5.99. The predicted octanol–water partition coefficient (Wildman–Crippen LogP) is 5.14. The van der Waals surface area contributed by atoms with Gasteiger partial charge in [0.2, 0.25) is 0 Å². The number of halogens is 2. The van der Waals surface area contributed by atoms with Crippen molar-refractivity contribution in [3.63, 3.8) is 0 Å². The van der Waals surface area contributed by atoms with Gasteiger partial charge >= 0.3 is 0 Å². The van der Waals surface area contributed by atoms with Crippen molar-refractivity contribution in [1.29, 1.82) is 5.41 Å². The summed E-state index contributed by atoms with van der Waals surface area (Å²) in [7, 11) is 0. The number of aromatic amines is 1. The van der Waals surface area contributed by atoms with Crippen LogP contribution in [0.4, 0.5) is 4.39 Å². The number of hydrogen-bond acceptors (Lipinski definition) is 4. The molecule has 1 fully saturated rings. The molecule has 0 unspecified atom stereocenters. The van der Waals surface area contributed by atoms with E-state index in [1.807, 2.05) is 4.57 Å². The first-order chi connectivity index (χ1) is 14.6. The van der Waals surface area contributed by atoms with Gasteiger partial charge in [-0.25, -0.2) is 14.4 Å². The van der Waals surface area contributed by atoms with E-state index in [2.05, 4.69) is 21.5 Å². The maximum atomic E-state index is 13.7. The number of nitrogens with one attached hydrogen (secondary N) is 2. The smallest absolute Gasteiger partial charge is 0.141 e. The topological polar surface area (TPSA) is 79.6 Å². The molecular formula is C22H21ClFN5O. The molecule has 30 heavy (non-hydrogen) atoms. The number of ether oxygens (including phenoxy) is 1. The van der Waals surface area contributed by atoms with Crippen molar-refractivity contribution in [2.45, 2.75) is 18.9 Å². The van der Waals surface area contributed by atoms with Gasteiger partial charge in [0.05, 0.1) is 40.3 Å². The number of aromatic nitrogens is 4. The number of rotatable bonds is 6. The van der Waals surface area contributed by atoms with Crippen molar-refractivity contribution in [2.24, 2.45) is 0 Å². The standard InChI is InChI=1S/C22H21ClFN5O/c1-2-15-12-26-20(28-15)6-5-19(25)22-21(14-3-4-18(24)17(23)11-14)27-13-29(22)16-7-9-30-10-8-16/h2-6,11-13,16,25H,1,7-10H2,(H,26,28)/b6-5-,25-19?. The first-order valence-corrected chi connectivity index (χ1v) is 9.99. The first kappa shape index (κ1) is 20.3. The molecular weight excluding hydrogens is 405 g/mol. The van der Waals surface area contributed by atoms with Crippen LogP contribution in [0.1, 0.15) is 36.1 Å². The maximum absolute atomic E-state index is 13.7. The SMILES string of the molecule is C=Cc1cnc(/C=C\C(=N)c2c(-c3ccc(F)c(Cl)c3)ncn2C2CCOCC2)[nH]1. The van der Waals surface area contributed by atoms with E-state index < -0.39 is 5.82 Å². The lowest BCUT2D eigenvalue weighted by Crippen LogP contribution is -2.22. The Morgan fingerprint density at radius 2 is 2.13 bits per heavy atom. The summed E-state index contributed by atoms with van der Waals surface area (Å²) in [5, 5.41) is 8.77. The molecule has 1 aliphatic heterocycles. The van der Waals surface area contributed by atoms with Gasteiger partial charge in [-0.05, 0) is 49.3 Å². The average Bonchev–Trinajstić information content (AvgIpc) is 3.42. The van der Waals surface area contributed by atoms with Crippen molar-refractivity contribution in [2.75, 3.05) is 13.2 Å². The number of H-pyrrole nitrogens is 1. The van der Waals surface area contributed by atoms with Crippen molar-refractivity contribution in [3.05, 3.63) is 71.4 Å². The van der Waals surface area contributed by atoms with Gasteiger partial charge in [-0.15, -0.1) is 0 Å². The minimum Gasteiger partial charge on any atom is -0.381 e. The van der Waals surface area contributed by atoms with Crippen molar-refractivity contribution in [1.82, 2.24) is 19.5 Å². The summed E-state index contributed by atoms with van der Waals surface area (Å²) in [5.74, 6) is 0.134. The maximum Gasteiger partial charge on any atom is 0.141 e. The Kier molecular flexibility index (Phi) is 5.92. The monoisotopic (exact) mass is 425 g/mol. The van der Waals surface area contributed by atoms with Gasteiger partial charge in [0, 0.05) is 24.8 Å². The van der Waals surface area contributed by atoms with Crippen molar-refractivity contribution < 1.29 is 9.13 Å². The lowest BCUT2D eigenvalue weighted by Gasteiger charge is -2.25. The van der Waals surface area contributed by atoms with Crippen LogP contribution in [0.25, 0.3) is 23.4 Å². The minimum atomic E-state index is -0.489. The van der Waals surface area contributed by atoms with Crippen molar-refractivity contribution in [3.8, 4) is 11.3 Å². The Bertz CT molecular complexity index is 1110. The third-order valence-corrected chi connectivity index (χ3v) is 5.36. The predicted molar refractivity (Wildman–Crippen MR) is 116 cm³/mol. The lowest BCUT2D eigenvalue weighted by atomic mass is 10.0. The highest BCUT2D eigenvalue weighted by molar-refractivity contribution is 6.31. The highest BCUT2D eigenvalue weighted by atomic mass is 35.5. The van der Waals surface area contributed by atoms with Crippen LogP contribution in [0.15, 0.2) is 43.4 Å². The van der Waals surface area contributed by atoms with E-state index in [9.17, 15) is 4.39 Å².